The molecular formula is C12H16N4O4. The van der Waals surface area contributed by atoms with Crippen LogP contribution >= 0.6 is 0 Å². The van der Waals surface area contributed by atoms with E-state index in [4.69, 9.17) is 4.74 Å². The number of nitrogens with zero attached hydrogens (tertiary/aromatic N) is 2. The summed E-state index contributed by atoms with van der Waals surface area (Å²) in [7, 11) is 3.57. The number of amides is 1. The maximum absolute atomic E-state index is 11.3. The zero-order valence-electron chi connectivity index (χ0n) is 11.3. The molecule has 20 heavy (non-hydrogen) atoms. The van der Waals surface area contributed by atoms with Crippen LogP contribution in [0.2, 0.25) is 0 Å². The van der Waals surface area contributed by atoms with E-state index in [1.54, 1.807) is 18.0 Å². The number of nitro benzene ring substituents is 1. The number of nitrogens with one attached hydrogen (secondary N) is 2. The number of nitro groups is 1. The molecule has 0 radical (unpaired) electrons. The molecular weight excluding hydrogens is 264 g/mol. The fourth-order valence-corrected chi connectivity index (χ4v) is 1.96. The molecule has 8 heteroatoms. The summed E-state index contributed by atoms with van der Waals surface area (Å²) >= 11 is 0. The van der Waals surface area contributed by atoms with Crippen LogP contribution < -0.4 is 20.3 Å². The van der Waals surface area contributed by atoms with Gasteiger partial charge in [-0.05, 0) is 13.1 Å². The molecule has 8 nitrogen and oxygen atoms in total. The molecule has 0 aliphatic carbocycles. The first kappa shape index (κ1) is 14.1. The summed E-state index contributed by atoms with van der Waals surface area (Å²) < 4.78 is 5.20. The SMILES string of the molecule is CNCCN(C)c1cc2c(cc1[N+](=O)[O-])OCC(=O)N2. The van der Waals surface area contributed by atoms with Gasteiger partial charge in [0, 0.05) is 20.1 Å². The predicted octanol–water partition coefficient (Wildman–Crippen LogP) is 0.581. The smallest absolute Gasteiger partial charge is 0.296 e. The van der Waals surface area contributed by atoms with E-state index in [1.165, 1.54) is 6.07 Å². The molecule has 0 saturated heterocycles. The van der Waals surface area contributed by atoms with E-state index >= 15 is 0 Å². The van der Waals surface area contributed by atoms with E-state index in [0.29, 0.717) is 30.2 Å². The van der Waals surface area contributed by atoms with E-state index in [-0.39, 0.29) is 18.2 Å². The van der Waals surface area contributed by atoms with Crippen LogP contribution in [0.25, 0.3) is 0 Å². The van der Waals surface area contributed by atoms with Crippen LogP contribution in [-0.2, 0) is 4.79 Å². The highest BCUT2D eigenvalue weighted by molar-refractivity contribution is 5.96. The Kier molecular flexibility index (Phi) is 4.04. The molecule has 108 valence electrons. The summed E-state index contributed by atoms with van der Waals surface area (Å²) in [5.41, 5.74) is 0.853. The zero-order valence-corrected chi connectivity index (χ0v) is 11.3. The van der Waals surface area contributed by atoms with Crippen molar-refractivity contribution in [3.63, 3.8) is 0 Å². The average molecular weight is 280 g/mol. The second-order valence-electron chi connectivity index (χ2n) is 4.46. The standard InChI is InChI=1S/C12H16N4O4/c1-13-3-4-15(2)9-5-8-11(6-10(9)16(18)19)20-7-12(17)14-8/h5-6,13H,3-4,7H2,1-2H3,(H,14,17). The molecule has 1 heterocycles. The minimum absolute atomic E-state index is 0.0431. The second kappa shape index (κ2) is 5.74. The molecule has 1 aromatic carbocycles. The van der Waals surface area contributed by atoms with Crippen LogP contribution in [-0.4, -0.2) is 44.6 Å². The van der Waals surface area contributed by atoms with Crippen molar-refractivity contribution in [1.29, 1.82) is 0 Å². The number of hydrogen-bond donors (Lipinski definition) is 2. The Morgan fingerprint density at radius 1 is 1.55 bits per heavy atom. The van der Waals surface area contributed by atoms with Crippen LogP contribution in [0.3, 0.4) is 0 Å². The molecule has 1 amide bonds. The zero-order chi connectivity index (χ0) is 14.7. The third-order valence-corrected chi connectivity index (χ3v) is 3.01. The van der Waals surface area contributed by atoms with Gasteiger partial charge in [0.1, 0.15) is 5.69 Å². The van der Waals surface area contributed by atoms with Gasteiger partial charge in [-0.1, -0.05) is 0 Å². The molecule has 2 N–H and O–H groups in total. The highest BCUT2D eigenvalue weighted by Gasteiger charge is 2.25. The summed E-state index contributed by atoms with van der Waals surface area (Å²) in [6, 6.07) is 2.92. The van der Waals surface area contributed by atoms with Crippen molar-refractivity contribution in [2.75, 3.05) is 44.0 Å². The Morgan fingerprint density at radius 3 is 2.95 bits per heavy atom. The maximum Gasteiger partial charge on any atom is 0.296 e. The highest BCUT2D eigenvalue weighted by Crippen LogP contribution is 2.39. The lowest BCUT2D eigenvalue weighted by atomic mass is 10.2. The van der Waals surface area contributed by atoms with E-state index in [2.05, 4.69) is 10.6 Å². The van der Waals surface area contributed by atoms with Crippen molar-refractivity contribution in [3.05, 3.63) is 22.2 Å². The minimum atomic E-state index is -0.453. The molecule has 0 bridgehead atoms. The molecule has 0 saturated carbocycles. The number of hydrogen-bond acceptors (Lipinski definition) is 6. The monoisotopic (exact) mass is 280 g/mol. The Bertz CT molecular complexity index is 547. The number of carbonyl (C=O) groups is 1. The van der Waals surface area contributed by atoms with Gasteiger partial charge in [0.2, 0.25) is 0 Å². The summed E-state index contributed by atoms with van der Waals surface area (Å²) in [6.07, 6.45) is 0. The average Bonchev–Trinajstić information content (AvgIpc) is 2.43. The van der Waals surface area contributed by atoms with Gasteiger partial charge >= 0.3 is 0 Å². The normalized spacial score (nSPS) is 13.2. The third kappa shape index (κ3) is 2.80. The first-order valence-corrected chi connectivity index (χ1v) is 6.13. The van der Waals surface area contributed by atoms with Gasteiger partial charge in [0.05, 0.1) is 16.7 Å². The number of benzene rings is 1. The number of ether oxygens (including phenoxy) is 1. The summed E-state index contributed by atoms with van der Waals surface area (Å²) in [5.74, 6) is 0.0530. The molecule has 0 unspecified atom stereocenters. The minimum Gasteiger partial charge on any atom is -0.481 e. The molecule has 2 rings (SSSR count). The van der Waals surface area contributed by atoms with Crippen molar-refractivity contribution in [3.8, 4) is 5.75 Å². The maximum atomic E-state index is 11.3. The number of rotatable bonds is 5. The summed E-state index contributed by atoms with van der Waals surface area (Å²) in [5, 5.41) is 16.8. The second-order valence-corrected chi connectivity index (χ2v) is 4.46. The Hall–Kier alpha value is -2.35. The van der Waals surface area contributed by atoms with Crippen molar-refractivity contribution in [2.24, 2.45) is 0 Å². The van der Waals surface area contributed by atoms with Gasteiger partial charge in [-0.2, -0.15) is 0 Å². The van der Waals surface area contributed by atoms with Crippen molar-refractivity contribution < 1.29 is 14.5 Å². The fourth-order valence-electron chi connectivity index (χ4n) is 1.96. The molecule has 1 aromatic rings. The lowest BCUT2D eigenvalue weighted by Crippen LogP contribution is -2.29. The van der Waals surface area contributed by atoms with Crippen molar-refractivity contribution in [1.82, 2.24) is 5.32 Å². The summed E-state index contributed by atoms with van der Waals surface area (Å²) in [6.45, 7) is 1.16. The number of carbonyl (C=O) groups excluding carboxylic acids is 1. The van der Waals surface area contributed by atoms with Crippen LogP contribution in [0.15, 0.2) is 12.1 Å². The Labute approximate surface area is 115 Å². The lowest BCUT2D eigenvalue weighted by Gasteiger charge is -2.23. The number of fused-ring (bicyclic) bond motifs is 1. The first-order chi connectivity index (χ1) is 9.52. The van der Waals surface area contributed by atoms with E-state index in [1.807, 2.05) is 7.05 Å². The van der Waals surface area contributed by atoms with Crippen molar-refractivity contribution >= 4 is 23.0 Å². The summed E-state index contributed by atoms with van der Waals surface area (Å²) in [4.78, 5) is 23.8. The van der Waals surface area contributed by atoms with E-state index < -0.39 is 4.92 Å². The quantitative estimate of drug-likeness (QED) is 0.605. The molecule has 0 fully saturated rings. The van der Waals surface area contributed by atoms with Gasteiger partial charge < -0.3 is 20.3 Å². The predicted molar refractivity (Wildman–Crippen MR) is 74.4 cm³/mol. The van der Waals surface area contributed by atoms with E-state index in [0.717, 1.165) is 0 Å². The number of anilines is 2. The molecule has 0 aromatic heterocycles. The Morgan fingerprint density at radius 2 is 2.30 bits per heavy atom. The first-order valence-electron chi connectivity index (χ1n) is 6.13. The third-order valence-electron chi connectivity index (χ3n) is 3.01. The van der Waals surface area contributed by atoms with Crippen LogP contribution in [0, 0.1) is 10.1 Å². The van der Waals surface area contributed by atoms with Crippen molar-refractivity contribution in [2.45, 2.75) is 0 Å². The van der Waals surface area contributed by atoms with Gasteiger partial charge in [-0.25, -0.2) is 0 Å². The lowest BCUT2D eigenvalue weighted by molar-refractivity contribution is -0.384. The van der Waals surface area contributed by atoms with E-state index in [9.17, 15) is 14.9 Å². The number of likely N-dealkylation sites (N-methyl/N-ethyl adjacent to an activating group) is 2. The van der Waals surface area contributed by atoms with Crippen LogP contribution in [0.1, 0.15) is 0 Å². The fraction of sp³-hybridized carbons (Fsp3) is 0.417. The van der Waals surface area contributed by atoms with Crippen LogP contribution in [0.4, 0.5) is 17.1 Å². The van der Waals surface area contributed by atoms with Gasteiger partial charge in [0.25, 0.3) is 11.6 Å². The molecule has 0 atom stereocenters. The molecule has 1 aliphatic heterocycles. The molecule has 0 spiro atoms. The largest absolute Gasteiger partial charge is 0.481 e. The van der Waals surface area contributed by atoms with Gasteiger partial charge in [-0.15, -0.1) is 0 Å². The van der Waals surface area contributed by atoms with Gasteiger partial charge in [0.15, 0.2) is 12.4 Å². The van der Waals surface area contributed by atoms with Crippen LogP contribution in [0.5, 0.6) is 5.75 Å². The highest BCUT2D eigenvalue weighted by atomic mass is 16.6. The van der Waals surface area contributed by atoms with Gasteiger partial charge in [-0.3, -0.25) is 14.9 Å². The topological polar surface area (TPSA) is 96.7 Å². The Balaban J connectivity index is 2.40. The molecule has 1 aliphatic rings.